The lowest BCUT2D eigenvalue weighted by atomic mass is 9.57. The highest BCUT2D eigenvalue weighted by atomic mass is 16.7. The standard InChI is InChI=1S/C30H40O6/c1-17-14-30(15-18(2)26(32)36-30)34-23-16-28(5)10-7-8-21-20-12-19(9-11-29(28,6)25(17)23)33-22(20)13-24(31)35-27(21,3)4/h8,12-13,17-19,23,25H,7,9-11,14-16H2,1-6H3/t17-,18-,19?,23-,25+,28-,29-,30+/m1/s1. The van der Waals surface area contributed by atoms with Crippen LogP contribution in [0.4, 0.5) is 0 Å². The normalized spacial score (nSPS) is 47.3. The first kappa shape index (κ1) is 24.3. The van der Waals surface area contributed by atoms with E-state index in [1.165, 1.54) is 6.08 Å². The van der Waals surface area contributed by atoms with Gasteiger partial charge >= 0.3 is 11.9 Å². The Morgan fingerprint density at radius 3 is 2.47 bits per heavy atom. The van der Waals surface area contributed by atoms with Crippen molar-refractivity contribution in [2.75, 3.05) is 0 Å². The van der Waals surface area contributed by atoms with E-state index < -0.39 is 11.4 Å². The molecule has 0 aromatic carbocycles. The molecule has 0 amide bonds. The zero-order valence-electron chi connectivity index (χ0n) is 22.5. The summed E-state index contributed by atoms with van der Waals surface area (Å²) in [6.07, 6.45) is 12.2. The number of cyclic esters (lactones) is 1. The SMILES string of the molecule is C[C@@H]1C[C@]2(C[C@@H](C)[C@H]3[C@@H](C[C@@]4(C)CCC=C5C6=CC(CC[C@]34C)OC6=CC(=O)OC5(C)C)O2)OC1=O. The molecule has 2 saturated heterocycles. The Labute approximate surface area is 214 Å². The number of fused-ring (bicyclic) bond motifs is 4. The summed E-state index contributed by atoms with van der Waals surface area (Å²) in [6.45, 7) is 13.1. The second-order valence-electron chi connectivity index (χ2n) is 13.4. The average molecular weight is 497 g/mol. The Balaban J connectivity index is 1.35. The van der Waals surface area contributed by atoms with Gasteiger partial charge in [0.15, 0.2) is 0 Å². The minimum absolute atomic E-state index is 0.0527. The van der Waals surface area contributed by atoms with Crippen molar-refractivity contribution in [2.45, 2.75) is 110 Å². The molecule has 6 nitrogen and oxygen atoms in total. The van der Waals surface area contributed by atoms with Crippen LogP contribution in [0.1, 0.15) is 86.5 Å². The van der Waals surface area contributed by atoms with E-state index in [0.717, 1.165) is 49.7 Å². The van der Waals surface area contributed by atoms with E-state index in [2.05, 4.69) is 32.9 Å². The Morgan fingerprint density at radius 1 is 0.972 bits per heavy atom. The van der Waals surface area contributed by atoms with E-state index in [1.807, 2.05) is 20.8 Å². The third-order valence-electron chi connectivity index (χ3n) is 10.5. The van der Waals surface area contributed by atoms with Crippen molar-refractivity contribution in [1.82, 2.24) is 0 Å². The monoisotopic (exact) mass is 496 g/mol. The van der Waals surface area contributed by atoms with Gasteiger partial charge in [-0.1, -0.05) is 33.8 Å². The van der Waals surface area contributed by atoms with Gasteiger partial charge in [0.25, 0.3) is 0 Å². The van der Waals surface area contributed by atoms with Crippen molar-refractivity contribution in [3.8, 4) is 0 Å². The maximum absolute atomic E-state index is 12.5. The van der Waals surface area contributed by atoms with E-state index >= 15 is 0 Å². The van der Waals surface area contributed by atoms with Crippen molar-refractivity contribution in [3.05, 3.63) is 35.1 Å². The smallest absolute Gasteiger partial charge is 0.335 e. The molecule has 6 heteroatoms. The Bertz CT molecular complexity index is 1100. The maximum Gasteiger partial charge on any atom is 0.335 e. The fourth-order valence-corrected chi connectivity index (χ4v) is 8.70. The fraction of sp³-hybridized carbons (Fsp3) is 0.733. The molecule has 3 fully saturated rings. The molecule has 1 unspecified atom stereocenters. The Hall–Kier alpha value is -2.08. The number of hydrogen-bond acceptors (Lipinski definition) is 6. The summed E-state index contributed by atoms with van der Waals surface area (Å²) in [4.78, 5) is 24.8. The van der Waals surface area contributed by atoms with Crippen LogP contribution in [0.15, 0.2) is 35.1 Å². The molecule has 1 saturated carbocycles. The number of carbonyl (C=O) groups is 2. The maximum atomic E-state index is 12.5. The number of allylic oxidation sites excluding steroid dienone is 2. The molecular formula is C30H40O6. The molecule has 0 N–H and O–H groups in total. The van der Waals surface area contributed by atoms with Crippen molar-refractivity contribution in [1.29, 1.82) is 0 Å². The predicted octanol–water partition coefficient (Wildman–Crippen LogP) is 5.77. The van der Waals surface area contributed by atoms with Crippen LogP contribution < -0.4 is 0 Å². The van der Waals surface area contributed by atoms with Crippen LogP contribution in [0.2, 0.25) is 0 Å². The molecule has 0 aromatic rings. The summed E-state index contributed by atoms with van der Waals surface area (Å²) in [6, 6.07) is 0. The minimum atomic E-state index is -0.751. The summed E-state index contributed by atoms with van der Waals surface area (Å²) in [5.74, 6) is 0.104. The van der Waals surface area contributed by atoms with Crippen LogP contribution in [-0.2, 0) is 28.5 Å². The van der Waals surface area contributed by atoms with Gasteiger partial charge in [-0.05, 0) is 74.7 Å². The van der Waals surface area contributed by atoms with Gasteiger partial charge in [-0.25, -0.2) is 4.79 Å². The second-order valence-corrected chi connectivity index (χ2v) is 13.4. The number of esters is 2. The first-order valence-corrected chi connectivity index (χ1v) is 13.8. The molecule has 6 rings (SSSR count). The number of rotatable bonds is 0. The molecule has 4 aliphatic heterocycles. The van der Waals surface area contributed by atoms with Gasteiger partial charge in [-0.15, -0.1) is 0 Å². The summed E-state index contributed by atoms with van der Waals surface area (Å²) in [7, 11) is 0. The predicted molar refractivity (Wildman–Crippen MR) is 133 cm³/mol. The van der Waals surface area contributed by atoms with Crippen molar-refractivity contribution < 1.29 is 28.5 Å². The van der Waals surface area contributed by atoms with Gasteiger partial charge in [-0.2, -0.15) is 0 Å². The summed E-state index contributed by atoms with van der Waals surface area (Å²) in [5.41, 5.74) is 1.46. The van der Waals surface area contributed by atoms with Gasteiger partial charge in [0.2, 0.25) is 5.79 Å². The molecule has 2 aliphatic carbocycles. The minimum Gasteiger partial charge on any atom is -0.485 e. The Kier molecular flexibility index (Phi) is 5.20. The highest BCUT2D eigenvalue weighted by Crippen LogP contribution is 2.67. The second kappa shape index (κ2) is 7.72. The van der Waals surface area contributed by atoms with Crippen LogP contribution >= 0.6 is 0 Å². The van der Waals surface area contributed by atoms with Gasteiger partial charge in [0.1, 0.15) is 17.5 Å². The first-order valence-electron chi connectivity index (χ1n) is 13.8. The van der Waals surface area contributed by atoms with Gasteiger partial charge < -0.3 is 18.9 Å². The summed E-state index contributed by atoms with van der Waals surface area (Å²) < 4.78 is 24.8. The largest absolute Gasteiger partial charge is 0.485 e. The lowest BCUT2D eigenvalue weighted by Gasteiger charge is -2.50. The van der Waals surface area contributed by atoms with Gasteiger partial charge in [-0.3, -0.25) is 4.79 Å². The van der Waals surface area contributed by atoms with Gasteiger partial charge in [0.05, 0.1) is 18.1 Å². The molecular weight excluding hydrogens is 456 g/mol. The molecule has 8 atom stereocenters. The van der Waals surface area contributed by atoms with E-state index in [0.29, 0.717) is 24.0 Å². The third-order valence-corrected chi connectivity index (χ3v) is 10.5. The molecule has 2 bridgehead atoms. The highest BCUT2D eigenvalue weighted by Gasteiger charge is 2.65. The van der Waals surface area contributed by atoms with Crippen LogP contribution in [0.5, 0.6) is 0 Å². The van der Waals surface area contributed by atoms with Gasteiger partial charge in [0, 0.05) is 24.0 Å². The zero-order chi connectivity index (χ0) is 25.7. The lowest BCUT2D eigenvalue weighted by Crippen LogP contribution is -2.50. The summed E-state index contributed by atoms with van der Waals surface area (Å²) >= 11 is 0. The van der Waals surface area contributed by atoms with E-state index in [1.54, 1.807) is 0 Å². The molecule has 4 heterocycles. The number of ether oxygens (including phenoxy) is 4. The van der Waals surface area contributed by atoms with Crippen LogP contribution in [0.3, 0.4) is 0 Å². The average Bonchev–Trinajstić information content (AvgIpc) is 3.31. The first-order chi connectivity index (χ1) is 16.8. The molecule has 196 valence electrons. The summed E-state index contributed by atoms with van der Waals surface area (Å²) in [5, 5.41) is 0. The molecule has 1 spiro atoms. The molecule has 36 heavy (non-hydrogen) atoms. The Morgan fingerprint density at radius 2 is 1.75 bits per heavy atom. The third kappa shape index (κ3) is 3.46. The number of hydrogen-bond donors (Lipinski definition) is 0. The number of carbonyl (C=O) groups excluding carboxylic acids is 2. The topological polar surface area (TPSA) is 71.1 Å². The van der Waals surface area contributed by atoms with E-state index in [-0.39, 0.29) is 40.9 Å². The molecule has 0 radical (unpaired) electrons. The van der Waals surface area contributed by atoms with Crippen LogP contribution in [-0.4, -0.2) is 35.5 Å². The van der Waals surface area contributed by atoms with E-state index in [9.17, 15) is 9.59 Å². The fourth-order valence-electron chi connectivity index (χ4n) is 8.70. The lowest BCUT2D eigenvalue weighted by molar-refractivity contribution is -0.276. The van der Waals surface area contributed by atoms with Crippen LogP contribution in [0.25, 0.3) is 0 Å². The van der Waals surface area contributed by atoms with Crippen molar-refractivity contribution in [3.63, 3.8) is 0 Å². The molecule has 0 aromatic heterocycles. The van der Waals surface area contributed by atoms with Crippen molar-refractivity contribution >= 4 is 11.9 Å². The van der Waals surface area contributed by atoms with Crippen molar-refractivity contribution in [2.24, 2.45) is 28.6 Å². The van der Waals surface area contributed by atoms with E-state index in [4.69, 9.17) is 18.9 Å². The zero-order valence-corrected chi connectivity index (χ0v) is 22.5. The van der Waals surface area contributed by atoms with Crippen LogP contribution in [0, 0.1) is 28.6 Å². The highest BCUT2D eigenvalue weighted by molar-refractivity contribution is 5.86. The quantitative estimate of drug-likeness (QED) is 0.397. The molecule has 6 aliphatic rings.